The average molecular weight is 334 g/mol. The molecule has 1 nitrogen and oxygen atoms in total. The quantitative estimate of drug-likeness (QED) is 0.885. The second kappa shape index (κ2) is 7.39. The highest BCUT2D eigenvalue weighted by atomic mass is 35.5. The first-order valence-corrected chi connectivity index (χ1v) is 9.26. The van der Waals surface area contributed by atoms with Gasteiger partial charge in [0.05, 0.1) is 5.02 Å². The van der Waals surface area contributed by atoms with Gasteiger partial charge in [-0.1, -0.05) is 31.5 Å². The molecule has 20 heavy (non-hydrogen) atoms. The number of hydrogen-bond donors (Lipinski definition) is 1. The van der Waals surface area contributed by atoms with E-state index in [4.69, 9.17) is 11.6 Å². The Kier molecular flexibility index (Phi) is 6.09. The van der Waals surface area contributed by atoms with Crippen molar-refractivity contribution in [3.05, 3.63) is 34.6 Å². The molecular formula is C15H21ClFNS2. The molecule has 0 saturated carbocycles. The summed E-state index contributed by atoms with van der Waals surface area (Å²) in [5, 5.41) is 5.60. The molecule has 0 radical (unpaired) electrons. The molecule has 1 aromatic carbocycles. The maximum Gasteiger partial charge on any atom is 0.141 e. The van der Waals surface area contributed by atoms with Gasteiger partial charge in [0.1, 0.15) is 5.82 Å². The third-order valence-electron chi connectivity index (χ3n) is 3.83. The van der Waals surface area contributed by atoms with Gasteiger partial charge in [-0.25, -0.2) is 4.39 Å². The lowest BCUT2D eigenvalue weighted by Gasteiger charge is -2.36. The lowest BCUT2D eigenvalue weighted by Crippen LogP contribution is -2.43. The molecule has 5 heteroatoms. The minimum absolute atomic E-state index is 0.213. The SMILES string of the molecule is CNC(Cc1ccc(F)c(Cl)c1)C1CSC(C)C(C)S1. The molecule has 1 heterocycles. The first-order chi connectivity index (χ1) is 9.51. The molecule has 1 fully saturated rings. The molecule has 1 aliphatic heterocycles. The van der Waals surface area contributed by atoms with Crippen LogP contribution in [0.15, 0.2) is 18.2 Å². The van der Waals surface area contributed by atoms with Crippen molar-refractivity contribution in [1.29, 1.82) is 0 Å². The largest absolute Gasteiger partial charge is 0.316 e. The Hall–Kier alpha value is 0.1000. The van der Waals surface area contributed by atoms with Crippen LogP contribution in [0.25, 0.3) is 0 Å². The number of halogens is 2. The summed E-state index contributed by atoms with van der Waals surface area (Å²) in [4.78, 5) is 0. The van der Waals surface area contributed by atoms with E-state index in [0.29, 0.717) is 21.8 Å². The third-order valence-corrected chi connectivity index (χ3v) is 7.67. The Balaban J connectivity index is 2.03. The zero-order valence-electron chi connectivity index (χ0n) is 12.0. The molecule has 1 N–H and O–H groups in total. The number of hydrogen-bond acceptors (Lipinski definition) is 3. The van der Waals surface area contributed by atoms with Gasteiger partial charge in [0.25, 0.3) is 0 Å². The van der Waals surface area contributed by atoms with Crippen LogP contribution in [0.4, 0.5) is 4.39 Å². The Labute approximate surface area is 134 Å². The molecule has 0 amide bonds. The molecule has 1 aliphatic rings. The summed E-state index contributed by atoms with van der Waals surface area (Å²) in [6.07, 6.45) is 0.885. The van der Waals surface area contributed by atoms with Gasteiger partial charge in [0.2, 0.25) is 0 Å². The summed E-state index contributed by atoms with van der Waals surface area (Å²) in [6.45, 7) is 4.60. The van der Waals surface area contributed by atoms with Crippen LogP contribution in [0.1, 0.15) is 19.4 Å². The molecule has 4 unspecified atom stereocenters. The summed E-state index contributed by atoms with van der Waals surface area (Å²) >= 11 is 9.97. The average Bonchev–Trinajstić information content (AvgIpc) is 2.43. The van der Waals surface area contributed by atoms with Crippen molar-refractivity contribution >= 4 is 35.1 Å². The molecule has 112 valence electrons. The highest BCUT2D eigenvalue weighted by Gasteiger charge is 2.30. The van der Waals surface area contributed by atoms with Crippen molar-refractivity contribution in [1.82, 2.24) is 5.32 Å². The first-order valence-electron chi connectivity index (χ1n) is 6.89. The molecule has 4 atom stereocenters. The summed E-state index contributed by atoms with van der Waals surface area (Å²) in [5.74, 6) is 0.817. The van der Waals surface area contributed by atoms with Gasteiger partial charge in [0.15, 0.2) is 0 Å². The van der Waals surface area contributed by atoms with Gasteiger partial charge < -0.3 is 5.32 Å². The van der Waals surface area contributed by atoms with Crippen LogP contribution in [-0.2, 0) is 6.42 Å². The molecule has 2 rings (SSSR count). The van der Waals surface area contributed by atoms with Gasteiger partial charge >= 0.3 is 0 Å². The van der Waals surface area contributed by atoms with Crippen LogP contribution in [0.2, 0.25) is 5.02 Å². The van der Waals surface area contributed by atoms with Crippen molar-refractivity contribution in [3.63, 3.8) is 0 Å². The fourth-order valence-corrected chi connectivity index (χ4v) is 5.73. The fourth-order valence-electron chi connectivity index (χ4n) is 2.36. The van der Waals surface area contributed by atoms with E-state index < -0.39 is 0 Å². The summed E-state index contributed by atoms with van der Waals surface area (Å²) < 4.78 is 13.2. The van der Waals surface area contributed by atoms with Crippen LogP contribution >= 0.6 is 35.1 Å². The Bertz CT molecular complexity index is 457. The molecule has 0 spiro atoms. The standard InChI is InChI=1S/C15H21ClFNS2/c1-9-10(2)20-15(8-19-9)14(18-3)7-11-4-5-13(17)12(16)6-11/h4-6,9-10,14-15,18H,7-8H2,1-3H3. The van der Waals surface area contributed by atoms with Crippen LogP contribution in [0.5, 0.6) is 0 Å². The van der Waals surface area contributed by atoms with Gasteiger partial charge in [0, 0.05) is 27.5 Å². The van der Waals surface area contributed by atoms with Crippen LogP contribution in [0.3, 0.4) is 0 Å². The molecule has 1 aromatic rings. The highest BCUT2D eigenvalue weighted by Crippen LogP contribution is 2.37. The summed E-state index contributed by atoms with van der Waals surface area (Å²) in [6, 6.07) is 5.42. The zero-order valence-corrected chi connectivity index (χ0v) is 14.4. The molecule has 0 bridgehead atoms. The topological polar surface area (TPSA) is 12.0 Å². The fraction of sp³-hybridized carbons (Fsp3) is 0.600. The van der Waals surface area contributed by atoms with Gasteiger partial charge in [-0.15, -0.1) is 0 Å². The Morgan fingerprint density at radius 1 is 1.40 bits per heavy atom. The predicted molar refractivity (Wildman–Crippen MR) is 90.7 cm³/mol. The van der Waals surface area contributed by atoms with Gasteiger partial charge in [-0.05, 0) is 31.2 Å². The van der Waals surface area contributed by atoms with Crippen molar-refractivity contribution in [2.75, 3.05) is 12.8 Å². The van der Waals surface area contributed by atoms with Crippen molar-refractivity contribution in [2.45, 2.75) is 42.1 Å². The van der Waals surface area contributed by atoms with Crippen molar-refractivity contribution in [3.8, 4) is 0 Å². The Morgan fingerprint density at radius 2 is 2.15 bits per heavy atom. The lowest BCUT2D eigenvalue weighted by molar-refractivity contribution is 0.553. The van der Waals surface area contributed by atoms with Crippen LogP contribution in [-0.4, -0.2) is 34.6 Å². The Morgan fingerprint density at radius 3 is 2.75 bits per heavy atom. The minimum atomic E-state index is -0.346. The number of thioether (sulfide) groups is 2. The van der Waals surface area contributed by atoms with E-state index in [1.807, 2.05) is 24.9 Å². The lowest BCUT2D eigenvalue weighted by atomic mass is 10.0. The second-order valence-electron chi connectivity index (χ2n) is 5.27. The van der Waals surface area contributed by atoms with Crippen LogP contribution in [0, 0.1) is 5.82 Å². The number of nitrogens with one attached hydrogen (secondary N) is 1. The third kappa shape index (κ3) is 4.06. The number of likely N-dealkylation sites (N-methyl/N-ethyl adjacent to an activating group) is 1. The zero-order chi connectivity index (χ0) is 14.7. The maximum atomic E-state index is 13.2. The minimum Gasteiger partial charge on any atom is -0.316 e. The number of rotatable bonds is 4. The molecule has 1 saturated heterocycles. The maximum absolute atomic E-state index is 13.2. The van der Waals surface area contributed by atoms with E-state index in [1.54, 1.807) is 6.07 Å². The van der Waals surface area contributed by atoms with E-state index in [1.165, 1.54) is 6.07 Å². The van der Waals surface area contributed by atoms with Crippen molar-refractivity contribution in [2.24, 2.45) is 0 Å². The van der Waals surface area contributed by atoms with E-state index in [2.05, 4.69) is 30.9 Å². The van der Waals surface area contributed by atoms with E-state index in [0.717, 1.165) is 17.7 Å². The molecular weight excluding hydrogens is 313 g/mol. The first kappa shape index (κ1) is 16.5. The van der Waals surface area contributed by atoms with Gasteiger partial charge in [-0.3, -0.25) is 0 Å². The van der Waals surface area contributed by atoms with E-state index in [-0.39, 0.29) is 10.8 Å². The van der Waals surface area contributed by atoms with Crippen molar-refractivity contribution < 1.29 is 4.39 Å². The molecule has 0 aliphatic carbocycles. The smallest absolute Gasteiger partial charge is 0.141 e. The highest BCUT2D eigenvalue weighted by molar-refractivity contribution is 8.07. The molecule has 0 aromatic heterocycles. The van der Waals surface area contributed by atoms with Gasteiger partial charge in [-0.2, -0.15) is 23.5 Å². The summed E-state index contributed by atoms with van der Waals surface area (Å²) in [7, 11) is 2.00. The summed E-state index contributed by atoms with van der Waals surface area (Å²) in [5.41, 5.74) is 1.09. The van der Waals surface area contributed by atoms with E-state index >= 15 is 0 Å². The van der Waals surface area contributed by atoms with Crippen LogP contribution < -0.4 is 5.32 Å². The predicted octanol–water partition coefficient (Wildman–Crippen LogP) is 4.24. The monoisotopic (exact) mass is 333 g/mol. The van der Waals surface area contributed by atoms with E-state index in [9.17, 15) is 4.39 Å². The second-order valence-corrected chi connectivity index (χ2v) is 8.70. The number of benzene rings is 1. The normalized spacial score (nSPS) is 28.4.